The summed E-state index contributed by atoms with van der Waals surface area (Å²) in [5.41, 5.74) is 2.56. The summed E-state index contributed by atoms with van der Waals surface area (Å²) < 4.78 is 0. The normalized spacial score (nSPS) is 22.3. The summed E-state index contributed by atoms with van der Waals surface area (Å²) in [6, 6.07) is 13.2. The molecule has 4 heteroatoms. The van der Waals surface area contributed by atoms with Crippen LogP contribution in [0.2, 0.25) is 0 Å². The zero-order chi connectivity index (χ0) is 14.1. The van der Waals surface area contributed by atoms with E-state index in [-0.39, 0.29) is 0 Å². The summed E-state index contributed by atoms with van der Waals surface area (Å²) in [5.74, 6) is 1.76. The highest BCUT2D eigenvalue weighted by molar-refractivity contribution is 5.42. The molecule has 21 heavy (non-hydrogen) atoms. The van der Waals surface area contributed by atoms with E-state index >= 15 is 0 Å². The Morgan fingerprint density at radius 1 is 1.10 bits per heavy atom. The van der Waals surface area contributed by atoms with E-state index < -0.39 is 0 Å². The molecule has 0 amide bonds. The van der Waals surface area contributed by atoms with Crippen molar-refractivity contribution in [3.63, 3.8) is 0 Å². The minimum absolute atomic E-state index is 0.374. The Morgan fingerprint density at radius 2 is 1.95 bits per heavy atom. The van der Waals surface area contributed by atoms with Crippen molar-refractivity contribution in [1.82, 2.24) is 15.3 Å². The van der Waals surface area contributed by atoms with Crippen molar-refractivity contribution in [3.8, 4) is 0 Å². The van der Waals surface area contributed by atoms with E-state index in [1.165, 1.54) is 24.1 Å². The smallest absolute Gasteiger partial charge is 0.132 e. The summed E-state index contributed by atoms with van der Waals surface area (Å²) in [4.78, 5) is 11.3. The van der Waals surface area contributed by atoms with E-state index in [0.29, 0.717) is 12.0 Å². The van der Waals surface area contributed by atoms with Crippen LogP contribution in [0.4, 0.5) is 5.82 Å². The zero-order valence-electron chi connectivity index (χ0n) is 12.1. The SMILES string of the molecule is c1ccc(C2CN(c3cc(C4CC4)ncn3)CCN2)cc1. The number of anilines is 1. The Hall–Kier alpha value is -1.94. The number of piperazine rings is 1. The van der Waals surface area contributed by atoms with Gasteiger partial charge in [0.25, 0.3) is 0 Å². The fraction of sp³-hybridized carbons (Fsp3) is 0.412. The molecule has 1 aliphatic carbocycles. The molecule has 1 atom stereocenters. The Bertz CT molecular complexity index is 609. The maximum absolute atomic E-state index is 4.49. The Labute approximate surface area is 125 Å². The summed E-state index contributed by atoms with van der Waals surface area (Å²) in [6.45, 7) is 2.96. The maximum atomic E-state index is 4.49. The summed E-state index contributed by atoms with van der Waals surface area (Å²) in [7, 11) is 0. The van der Waals surface area contributed by atoms with Gasteiger partial charge in [-0.1, -0.05) is 30.3 Å². The maximum Gasteiger partial charge on any atom is 0.132 e. The first-order valence-corrected chi connectivity index (χ1v) is 7.75. The second-order valence-electron chi connectivity index (χ2n) is 5.94. The lowest BCUT2D eigenvalue weighted by atomic mass is 10.0. The average molecular weight is 280 g/mol. The van der Waals surface area contributed by atoms with E-state index in [9.17, 15) is 0 Å². The first-order valence-electron chi connectivity index (χ1n) is 7.75. The number of benzene rings is 1. The van der Waals surface area contributed by atoms with E-state index in [1.807, 2.05) is 0 Å². The van der Waals surface area contributed by atoms with Crippen molar-refractivity contribution in [2.24, 2.45) is 0 Å². The fourth-order valence-corrected chi connectivity index (χ4v) is 3.00. The van der Waals surface area contributed by atoms with Crippen molar-refractivity contribution in [2.75, 3.05) is 24.5 Å². The topological polar surface area (TPSA) is 41.1 Å². The van der Waals surface area contributed by atoms with Crippen LogP contribution < -0.4 is 10.2 Å². The van der Waals surface area contributed by atoms with Gasteiger partial charge in [-0.25, -0.2) is 9.97 Å². The molecular weight excluding hydrogens is 260 g/mol. The highest BCUT2D eigenvalue weighted by atomic mass is 15.2. The second kappa shape index (κ2) is 5.45. The molecule has 1 aliphatic heterocycles. The van der Waals surface area contributed by atoms with Gasteiger partial charge in [0.2, 0.25) is 0 Å². The number of nitrogens with zero attached hydrogens (tertiary/aromatic N) is 3. The predicted octanol–water partition coefficient (Wildman–Crippen LogP) is 2.50. The summed E-state index contributed by atoms with van der Waals surface area (Å²) in [6.07, 6.45) is 4.29. The van der Waals surface area contributed by atoms with Crippen molar-refractivity contribution >= 4 is 5.82 Å². The third kappa shape index (κ3) is 2.76. The van der Waals surface area contributed by atoms with Gasteiger partial charge in [0.05, 0.1) is 0 Å². The van der Waals surface area contributed by atoms with Gasteiger partial charge in [-0.2, -0.15) is 0 Å². The van der Waals surface area contributed by atoms with E-state index in [2.05, 4.69) is 56.6 Å². The van der Waals surface area contributed by atoms with Crippen LogP contribution in [0.3, 0.4) is 0 Å². The van der Waals surface area contributed by atoms with Crippen LogP contribution >= 0.6 is 0 Å². The number of nitrogens with one attached hydrogen (secondary N) is 1. The van der Waals surface area contributed by atoms with Gasteiger partial charge >= 0.3 is 0 Å². The molecule has 2 aliphatic rings. The van der Waals surface area contributed by atoms with Crippen LogP contribution in [0.25, 0.3) is 0 Å². The van der Waals surface area contributed by atoms with Crippen molar-refractivity contribution in [2.45, 2.75) is 24.8 Å². The van der Waals surface area contributed by atoms with Gasteiger partial charge in [-0.15, -0.1) is 0 Å². The van der Waals surface area contributed by atoms with Gasteiger partial charge in [0.1, 0.15) is 12.1 Å². The Balaban J connectivity index is 1.54. The van der Waals surface area contributed by atoms with Crippen LogP contribution in [0.15, 0.2) is 42.7 Å². The molecule has 0 radical (unpaired) electrons. The molecule has 2 aromatic rings. The first-order chi connectivity index (χ1) is 10.4. The van der Waals surface area contributed by atoms with Crippen LogP contribution in [-0.2, 0) is 0 Å². The number of hydrogen-bond donors (Lipinski definition) is 1. The third-order valence-corrected chi connectivity index (χ3v) is 4.37. The van der Waals surface area contributed by atoms with Gasteiger partial charge in [0.15, 0.2) is 0 Å². The van der Waals surface area contributed by atoms with Crippen molar-refractivity contribution < 1.29 is 0 Å². The molecule has 1 aromatic heterocycles. The van der Waals surface area contributed by atoms with Crippen LogP contribution in [0, 0.1) is 0 Å². The van der Waals surface area contributed by atoms with E-state index in [1.54, 1.807) is 6.33 Å². The number of rotatable bonds is 3. The Morgan fingerprint density at radius 3 is 2.76 bits per heavy atom. The van der Waals surface area contributed by atoms with Gasteiger partial charge < -0.3 is 10.2 Å². The Kier molecular flexibility index (Phi) is 3.31. The quantitative estimate of drug-likeness (QED) is 0.938. The second-order valence-corrected chi connectivity index (χ2v) is 5.94. The third-order valence-electron chi connectivity index (χ3n) is 4.37. The zero-order valence-corrected chi connectivity index (χ0v) is 12.1. The van der Waals surface area contributed by atoms with Gasteiger partial charge in [0, 0.05) is 43.4 Å². The van der Waals surface area contributed by atoms with Crippen molar-refractivity contribution in [1.29, 1.82) is 0 Å². The van der Waals surface area contributed by atoms with E-state index in [4.69, 9.17) is 0 Å². The predicted molar refractivity (Wildman–Crippen MR) is 83.4 cm³/mol. The summed E-state index contributed by atoms with van der Waals surface area (Å²) >= 11 is 0. The van der Waals surface area contributed by atoms with Crippen molar-refractivity contribution in [3.05, 3.63) is 54.0 Å². The van der Waals surface area contributed by atoms with Gasteiger partial charge in [-0.05, 0) is 18.4 Å². The lowest BCUT2D eigenvalue weighted by Crippen LogP contribution is -2.46. The molecule has 2 fully saturated rings. The molecule has 0 bridgehead atoms. The fourth-order valence-electron chi connectivity index (χ4n) is 3.00. The summed E-state index contributed by atoms with van der Waals surface area (Å²) in [5, 5.41) is 3.60. The minimum Gasteiger partial charge on any atom is -0.353 e. The lowest BCUT2D eigenvalue weighted by Gasteiger charge is -2.34. The highest BCUT2D eigenvalue weighted by Gasteiger charge is 2.27. The number of aromatic nitrogens is 2. The molecule has 1 aromatic carbocycles. The molecular formula is C17H20N4. The molecule has 1 saturated carbocycles. The monoisotopic (exact) mass is 280 g/mol. The van der Waals surface area contributed by atoms with Crippen LogP contribution in [0.5, 0.6) is 0 Å². The molecule has 1 unspecified atom stereocenters. The minimum atomic E-state index is 0.374. The molecule has 1 saturated heterocycles. The number of hydrogen-bond acceptors (Lipinski definition) is 4. The van der Waals surface area contributed by atoms with E-state index in [0.717, 1.165) is 25.5 Å². The molecule has 0 spiro atoms. The standard InChI is InChI=1S/C17H20N4/c1-2-4-13(5-3-1)16-11-21(9-8-18-16)17-10-15(14-6-7-14)19-12-20-17/h1-5,10,12,14,16,18H,6-9,11H2. The molecule has 4 rings (SSSR count). The highest BCUT2D eigenvalue weighted by Crippen LogP contribution is 2.39. The van der Waals surface area contributed by atoms with Gasteiger partial charge in [-0.3, -0.25) is 0 Å². The van der Waals surface area contributed by atoms with Crippen LogP contribution in [0.1, 0.15) is 36.1 Å². The molecule has 2 heterocycles. The van der Waals surface area contributed by atoms with Crippen LogP contribution in [-0.4, -0.2) is 29.6 Å². The molecule has 1 N–H and O–H groups in total. The lowest BCUT2D eigenvalue weighted by molar-refractivity contribution is 0.469. The average Bonchev–Trinajstić information content (AvgIpc) is 3.41. The first kappa shape index (κ1) is 12.8. The molecule has 4 nitrogen and oxygen atoms in total. The largest absolute Gasteiger partial charge is 0.353 e. The molecule has 108 valence electrons.